The van der Waals surface area contributed by atoms with E-state index in [0.29, 0.717) is 43.0 Å². The van der Waals surface area contributed by atoms with Crippen molar-refractivity contribution in [3.05, 3.63) is 23.8 Å². The van der Waals surface area contributed by atoms with Crippen LogP contribution in [0.1, 0.15) is 29.6 Å². The molecule has 1 heterocycles. The van der Waals surface area contributed by atoms with Gasteiger partial charge in [-0.05, 0) is 31.0 Å². The number of ether oxygens (including phenoxy) is 2. The molecule has 0 spiro atoms. The zero-order valence-electron chi connectivity index (χ0n) is 13.9. The molecule has 1 saturated heterocycles. The fourth-order valence-corrected chi connectivity index (χ4v) is 2.70. The van der Waals surface area contributed by atoms with Crippen LogP contribution in [0.15, 0.2) is 18.2 Å². The zero-order valence-corrected chi connectivity index (χ0v) is 13.9. The normalized spacial score (nSPS) is 14.6. The summed E-state index contributed by atoms with van der Waals surface area (Å²) < 4.78 is 10.4. The highest BCUT2D eigenvalue weighted by molar-refractivity contribution is 5.95. The number of nitrogens with one attached hydrogen (secondary N) is 1. The van der Waals surface area contributed by atoms with Gasteiger partial charge < -0.3 is 19.7 Å². The number of methoxy groups -OCH3 is 2. The van der Waals surface area contributed by atoms with Crippen LogP contribution in [0, 0.1) is 11.3 Å². The molecule has 0 aliphatic carbocycles. The maximum atomic E-state index is 12.4. The smallest absolute Gasteiger partial charge is 0.251 e. The topological polar surface area (TPSA) is 91.7 Å². The molecule has 24 heavy (non-hydrogen) atoms. The molecule has 1 fully saturated rings. The molecular formula is C17H21N3O4. The first-order valence-electron chi connectivity index (χ1n) is 7.76. The second-order valence-electron chi connectivity index (χ2n) is 5.53. The van der Waals surface area contributed by atoms with Gasteiger partial charge in [-0.25, -0.2) is 0 Å². The summed E-state index contributed by atoms with van der Waals surface area (Å²) >= 11 is 0. The summed E-state index contributed by atoms with van der Waals surface area (Å²) in [6.45, 7) is 1.11. The van der Waals surface area contributed by atoms with Crippen molar-refractivity contribution in [1.29, 1.82) is 5.26 Å². The minimum atomic E-state index is -0.183. The molecule has 0 saturated carbocycles. The van der Waals surface area contributed by atoms with Crippen molar-refractivity contribution >= 4 is 11.8 Å². The van der Waals surface area contributed by atoms with Gasteiger partial charge >= 0.3 is 0 Å². The van der Waals surface area contributed by atoms with Crippen molar-refractivity contribution in [2.45, 2.75) is 25.3 Å². The number of nitrogens with zero attached hydrogens (tertiary/aromatic N) is 2. The molecule has 2 rings (SSSR count). The first-order valence-corrected chi connectivity index (χ1v) is 7.76. The van der Waals surface area contributed by atoms with E-state index in [0.717, 1.165) is 0 Å². The Morgan fingerprint density at radius 3 is 2.50 bits per heavy atom. The molecule has 0 bridgehead atoms. The number of carbonyl (C=O) groups excluding carboxylic acids is 2. The fourth-order valence-electron chi connectivity index (χ4n) is 2.70. The van der Waals surface area contributed by atoms with Crippen molar-refractivity contribution < 1.29 is 19.1 Å². The van der Waals surface area contributed by atoms with E-state index in [-0.39, 0.29) is 24.3 Å². The number of carbonyl (C=O) groups is 2. The van der Waals surface area contributed by atoms with Gasteiger partial charge in [-0.15, -0.1) is 0 Å². The van der Waals surface area contributed by atoms with Crippen molar-refractivity contribution in [2.24, 2.45) is 0 Å². The van der Waals surface area contributed by atoms with Gasteiger partial charge in [-0.1, -0.05) is 0 Å². The van der Waals surface area contributed by atoms with E-state index in [1.807, 2.05) is 6.07 Å². The number of rotatable bonds is 5. The van der Waals surface area contributed by atoms with E-state index in [4.69, 9.17) is 14.7 Å². The van der Waals surface area contributed by atoms with Crippen LogP contribution < -0.4 is 14.8 Å². The number of hydrogen-bond donors (Lipinski definition) is 1. The van der Waals surface area contributed by atoms with Gasteiger partial charge in [0.15, 0.2) is 11.5 Å². The van der Waals surface area contributed by atoms with Crippen LogP contribution in [0.2, 0.25) is 0 Å². The Morgan fingerprint density at radius 2 is 1.92 bits per heavy atom. The molecule has 1 aromatic rings. The number of amides is 2. The van der Waals surface area contributed by atoms with Crippen LogP contribution in [0.4, 0.5) is 0 Å². The lowest BCUT2D eigenvalue weighted by molar-refractivity contribution is -0.131. The molecule has 1 N–H and O–H groups in total. The maximum Gasteiger partial charge on any atom is 0.251 e. The lowest BCUT2D eigenvalue weighted by Crippen LogP contribution is -2.46. The highest BCUT2D eigenvalue weighted by Crippen LogP contribution is 2.27. The third-order valence-corrected chi connectivity index (χ3v) is 4.06. The number of hydrogen-bond acceptors (Lipinski definition) is 5. The summed E-state index contributed by atoms with van der Waals surface area (Å²) in [4.78, 5) is 25.7. The van der Waals surface area contributed by atoms with Crippen molar-refractivity contribution in [2.75, 3.05) is 27.3 Å². The maximum absolute atomic E-state index is 12.4. The Hall–Kier alpha value is -2.75. The van der Waals surface area contributed by atoms with Gasteiger partial charge in [0.2, 0.25) is 5.91 Å². The average molecular weight is 331 g/mol. The highest BCUT2D eigenvalue weighted by atomic mass is 16.5. The predicted molar refractivity (Wildman–Crippen MR) is 86.8 cm³/mol. The van der Waals surface area contributed by atoms with E-state index < -0.39 is 0 Å². The Morgan fingerprint density at radius 1 is 1.25 bits per heavy atom. The Bertz CT molecular complexity index is 646. The Kier molecular flexibility index (Phi) is 6.01. The number of nitriles is 1. The first kappa shape index (κ1) is 17.6. The summed E-state index contributed by atoms with van der Waals surface area (Å²) in [5, 5.41) is 11.5. The zero-order chi connectivity index (χ0) is 17.5. The van der Waals surface area contributed by atoms with Gasteiger partial charge in [0.25, 0.3) is 5.91 Å². The standard InChI is InChI=1S/C17H21N3O4/c1-23-14-4-3-12(11-15(14)24-2)17(22)19-13-6-9-20(10-7-13)16(21)5-8-18/h3-4,11,13H,5-7,9-10H2,1-2H3,(H,19,22). The number of piperidine rings is 1. The van der Waals surface area contributed by atoms with E-state index in [2.05, 4.69) is 5.32 Å². The molecule has 0 aromatic heterocycles. The molecule has 7 nitrogen and oxygen atoms in total. The van der Waals surface area contributed by atoms with Crippen molar-refractivity contribution in [3.63, 3.8) is 0 Å². The van der Waals surface area contributed by atoms with Crippen LogP contribution >= 0.6 is 0 Å². The molecule has 1 aliphatic heterocycles. The van der Waals surface area contributed by atoms with E-state index in [1.165, 1.54) is 7.11 Å². The molecular weight excluding hydrogens is 310 g/mol. The molecule has 0 atom stereocenters. The molecule has 128 valence electrons. The number of benzene rings is 1. The van der Waals surface area contributed by atoms with Gasteiger partial charge in [0, 0.05) is 24.7 Å². The molecule has 0 radical (unpaired) electrons. The molecule has 2 amide bonds. The Labute approximate surface area is 141 Å². The molecule has 0 unspecified atom stereocenters. The van der Waals surface area contributed by atoms with Crippen LogP contribution in [0.25, 0.3) is 0 Å². The lowest BCUT2D eigenvalue weighted by Gasteiger charge is -2.32. The second-order valence-corrected chi connectivity index (χ2v) is 5.53. The first-order chi connectivity index (χ1) is 11.6. The average Bonchev–Trinajstić information content (AvgIpc) is 2.61. The van der Waals surface area contributed by atoms with Crippen molar-refractivity contribution in [1.82, 2.24) is 10.2 Å². The lowest BCUT2D eigenvalue weighted by atomic mass is 10.0. The summed E-state index contributed by atoms with van der Waals surface area (Å²) in [7, 11) is 3.06. The Balaban J connectivity index is 1.92. The molecule has 7 heteroatoms. The van der Waals surface area contributed by atoms with E-state index in [9.17, 15) is 9.59 Å². The largest absolute Gasteiger partial charge is 0.493 e. The summed E-state index contributed by atoms with van der Waals surface area (Å²) in [6.07, 6.45) is 1.26. The summed E-state index contributed by atoms with van der Waals surface area (Å²) in [5.74, 6) is 0.736. The van der Waals surface area contributed by atoms with E-state index >= 15 is 0 Å². The fraction of sp³-hybridized carbons (Fsp3) is 0.471. The summed E-state index contributed by atoms with van der Waals surface area (Å²) in [5.41, 5.74) is 0.496. The van der Waals surface area contributed by atoms with Gasteiger partial charge in [-0.3, -0.25) is 9.59 Å². The minimum absolute atomic E-state index is 0.0109. The molecule has 1 aliphatic rings. The van der Waals surface area contributed by atoms with Crippen LogP contribution in [-0.4, -0.2) is 50.1 Å². The van der Waals surface area contributed by atoms with Crippen LogP contribution in [-0.2, 0) is 4.79 Å². The third-order valence-electron chi connectivity index (χ3n) is 4.06. The van der Waals surface area contributed by atoms with Crippen LogP contribution in [0.3, 0.4) is 0 Å². The predicted octanol–water partition coefficient (Wildman–Crippen LogP) is 1.34. The van der Waals surface area contributed by atoms with E-state index in [1.54, 1.807) is 30.2 Å². The van der Waals surface area contributed by atoms with Crippen molar-refractivity contribution in [3.8, 4) is 17.6 Å². The minimum Gasteiger partial charge on any atom is -0.493 e. The van der Waals surface area contributed by atoms with Crippen LogP contribution in [0.5, 0.6) is 11.5 Å². The van der Waals surface area contributed by atoms with Gasteiger partial charge in [0.05, 0.1) is 20.3 Å². The second kappa shape index (κ2) is 8.20. The molecule has 1 aromatic carbocycles. The van der Waals surface area contributed by atoms with Gasteiger partial charge in [0.1, 0.15) is 6.42 Å². The SMILES string of the molecule is COc1ccc(C(=O)NC2CCN(C(=O)CC#N)CC2)cc1OC. The monoisotopic (exact) mass is 331 g/mol. The quantitative estimate of drug-likeness (QED) is 0.879. The number of likely N-dealkylation sites (tertiary alicyclic amines) is 1. The summed E-state index contributed by atoms with van der Waals surface area (Å²) in [6, 6.07) is 6.89. The third kappa shape index (κ3) is 4.16. The highest BCUT2D eigenvalue weighted by Gasteiger charge is 2.24. The van der Waals surface area contributed by atoms with Gasteiger partial charge in [-0.2, -0.15) is 5.26 Å².